The number of amides is 1. The Morgan fingerprint density at radius 2 is 1.81 bits per heavy atom. The van der Waals surface area contributed by atoms with Gasteiger partial charge in [-0.2, -0.15) is 0 Å². The molecule has 2 aromatic rings. The molecule has 1 atom stereocenters. The molecular weight excluding hydrogens is 356 g/mol. The number of anilines is 1. The van der Waals surface area contributed by atoms with E-state index >= 15 is 0 Å². The van der Waals surface area contributed by atoms with Crippen molar-refractivity contribution in [1.82, 2.24) is 4.90 Å². The lowest BCUT2D eigenvalue weighted by atomic mass is 10.1. The number of hydrogen-bond donors (Lipinski definition) is 1. The van der Waals surface area contributed by atoms with Crippen molar-refractivity contribution in [3.8, 4) is 0 Å². The number of morpholine rings is 1. The fourth-order valence-corrected chi connectivity index (χ4v) is 2.80. The summed E-state index contributed by atoms with van der Waals surface area (Å²) in [5.74, 6) is -0.904. The van der Waals surface area contributed by atoms with Crippen LogP contribution in [0.25, 0.3) is 0 Å². The third-order valence-corrected chi connectivity index (χ3v) is 4.45. The zero-order chi connectivity index (χ0) is 18.5. The van der Waals surface area contributed by atoms with Crippen LogP contribution in [-0.4, -0.2) is 43.1 Å². The first-order chi connectivity index (χ1) is 12.6. The van der Waals surface area contributed by atoms with Crippen LogP contribution < -0.4 is 5.73 Å². The first-order valence-electron chi connectivity index (χ1n) is 8.24. The molecule has 1 heterocycles. The summed E-state index contributed by atoms with van der Waals surface area (Å²) in [4.78, 5) is 27.1. The third-order valence-electron chi connectivity index (χ3n) is 4.11. The van der Waals surface area contributed by atoms with Crippen molar-refractivity contribution in [3.63, 3.8) is 0 Å². The highest BCUT2D eigenvalue weighted by molar-refractivity contribution is 6.33. The van der Waals surface area contributed by atoms with Crippen LogP contribution in [0.1, 0.15) is 22.0 Å². The lowest BCUT2D eigenvalue weighted by Crippen LogP contribution is -2.44. The highest BCUT2D eigenvalue weighted by Crippen LogP contribution is 2.25. The third kappa shape index (κ3) is 4.15. The van der Waals surface area contributed by atoms with Crippen molar-refractivity contribution < 1.29 is 19.1 Å². The van der Waals surface area contributed by atoms with Gasteiger partial charge in [0, 0.05) is 18.7 Å². The molecule has 0 saturated carbocycles. The van der Waals surface area contributed by atoms with Crippen LogP contribution >= 0.6 is 11.6 Å². The summed E-state index contributed by atoms with van der Waals surface area (Å²) >= 11 is 5.89. The van der Waals surface area contributed by atoms with Crippen LogP contribution in [0.2, 0.25) is 5.02 Å². The van der Waals surface area contributed by atoms with Gasteiger partial charge in [0.1, 0.15) is 0 Å². The van der Waals surface area contributed by atoms with E-state index in [4.69, 9.17) is 26.8 Å². The topological polar surface area (TPSA) is 81.9 Å². The van der Waals surface area contributed by atoms with E-state index in [0.29, 0.717) is 36.9 Å². The quantitative estimate of drug-likeness (QED) is 0.657. The molecule has 0 spiro atoms. The van der Waals surface area contributed by atoms with Gasteiger partial charge in [-0.3, -0.25) is 4.79 Å². The highest BCUT2D eigenvalue weighted by atomic mass is 35.5. The Hall–Kier alpha value is -2.57. The number of carbonyl (C=O) groups is 2. The van der Waals surface area contributed by atoms with Crippen LogP contribution in [0.5, 0.6) is 0 Å². The summed E-state index contributed by atoms with van der Waals surface area (Å²) in [5.41, 5.74) is 6.87. The molecule has 2 aromatic carbocycles. The van der Waals surface area contributed by atoms with Gasteiger partial charge in [-0.15, -0.1) is 0 Å². The lowest BCUT2D eigenvalue weighted by molar-refractivity contribution is -0.145. The molecule has 0 aliphatic carbocycles. The Labute approximate surface area is 156 Å². The number of nitrogen functional groups attached to an aromatic ring is 1. The van der Waals surface area contributed by atoms with Crippen LogP contribution in [0.3, 0.4) is 0 Å². The summed E-state index contributed by atoms with van der Waals surface area (Å²) in [6.45, 7) is 1.87. The molecule has 1 aliphatic rings. The second-order valence-electron chi connectivity index (χ2n) is 5.87. The minimum atomic E-state index is -1.03. The van der Waals surface area contributed by atoms with E-state index in [9.17, 15) is 9.59 Å². The fraction of sp³-hybridized carbons (Fsp3) is 0.263. The number of ether oxygens (including phenoxy) is 2. The van der Waals surface area contributed by atoms with Gasteiger partial charge in [-0.1, -0.05) is 41.9 Å². The summed E-state index contributed by atoms with van der Waals surface area (Å²) < 4.78 is 10.8. The van der Waals surface area contributed by atoms with E-state index in [2.05, 4.69) is 0 Å². The van der Waals surface area contributed by atoms with Crippen molar-refractivity contribution in [2.45, 2.75) is 6.10 Å². The number of halogens is 1. The standard InChI is InChI=1S/C19H19ClN2O4/c20-15-7-6-14(12-16(15)21)19(24)26-17(13-4-2-1-3-5-13)18(23)22-8-10-25-11-9-22/h1-7,12,17H,8-11,21H2. The minimum absolute atomic E-state index is 0.239. The smallest absolute Gasteiger partial charge is 0.339 e. The first-order valence-corrected chi connectivity index (χ1v) is 8.61. The van der Waals surface area contributed by atoms with E-state index in [-0.39, 0.29) is 17.2 Å². The summed E-state index contributed by atoms with van der Waals surface area (Å²) in [5, 5.41) is 0.352. The molecule has 3 rings (SSSR count). The summed E-state index contributed by atoms with van der Waals surface area (Å²) in [6, 6.07) is 13.4. The van der Waals surface area contributed by atoms with Crippen molar-refractivity contribution >= 4 is 29.2 Å². The number of rotatable bonds is 4. The molecule has 0 radical (unpaired) electrons. The second kappa shape index (κ2) is 8.21. The van der Waals surface area contributed by atoms with E-state index < -0.39 is 12.1 Å². The van der Waals surface area contributed by atoms with Crippen LogP contribution in [0.15, 0.2) is 48.5 Å². The van der Waals surface area contributed by atoms with E-state index in [1.54, 1.807) is 29.2 Å². The fourth-order valence-electron chi connectivity index (χ4n) is 2.68. The van der Waals surface area contributed by atoms with Crippen LogP contribution in [0.4, 0.5) is 5.69 Å². The van der Waals surface area contributed by atoms with Crippen LogP contribution in [0, 0.1) is 0 Å². The van der Waals surface area contributed by atoms with Gasteiger partial charge in [-0.25, -0.2) is 4.79 Å². The Morgan fingerprint density at radius 1 is 1.12 bits per heavy atom. The average molecular weight is 375 g/mol. The van der Waals surface area contributed by atoms with Crippen molar-refractivity contribution in [3.05, 3.63) is 64.7 Å². The van der Waals surface area contributed by atoms with E-state index in [0.717, 1.165) is 0 Å². The van der Waals surface area contributed by atoms with Gasteiger partial charge in [0.05, 0.1) is 29.5 Å². The van der Waals surface area contributed by atoms with Crippen molar-refractivity contribution in [2.75, 3.05) is 32.0 Å². The number of benzene rings is 2. The molecule has 1 saturated heterocycles. The predicted molar refractivity (Wildman–Crippen MR) is 97.9 cm³/mol. The van der Waals surface area contributed by atoms with Gasteiger partial charge in [0.15, 0.2) is 0 Å². The Balaban J connectivity index is 1.84. The predicted octanol–water partition coefficient (Wildman–Crippen LogP) is 2.68. The number of nitrogens with zero attached hydrogens (tertiary/aromatic N) is 1. The maximum atomic E-state index is 12.9. The number of carbonyl (C=O) groups excluding carboxylic acids is 2. The van der Waals surface area contributed by atoms with Crippen LogP contribution in [-0.2, 0) is 14.3 Å². The highest BCUT2D eigenvalue weighted by Gasteiger charge is 2.30. The van der Waals surface area contributed by atoms with Gasteiger partial charge >= 0.3 is 5.97 Å². The molecule has 6 nitrogen and oxygen atoms in total. The first kappa shape index (κ1) is 18.2. The zero-order valence-corrected chi connectivity index (χ0v) is 14.8. The largest absolute Gasteiger partial charge is 0.444 e. The summed E-state index contributed by atoms with van der Waals surface area (Å²) in [6.07, 6.45) is -1.03. The molecular formula is C19H19ClN2O4. The molecule has 7 heteroatoms. The number of nitrogens with two attached hydrogens (primary N) is 1. The summed E-state index contributed by atoms with van der Waals surface area (Å²) in [7, 11) is 0. The minimum Gasteiger partial charge on any atom is -0.444 e. The lowest BCUT2D eigenvalue weighted by Gasteiger charge is -2.30. The zero-order valence-electron chi connectivity index (χ0n) is 14.1. The molecule has 136 valence electrons. The van der Waals surface area contributed by atoms with Gasteiger partial charge in [0.25, 0.3) is 5.91 Å². The van der Waals surface area contributed by atoms with Gasteiger partial charge in [0.2, 0.25) is 6.10 Å². The van der Waals surface area contributed by atoms with Crippen molar-refractivity contribution in [2.24, 2.45) is 0 Å². The SMILES string of the molecule is Nc1cc(C(=O)OC(C(=O)N2CCOCC2)c2ccccc2)ccc1Cl. The Bertz CT molecular complexity index is 791. The molecule has 1 unspecified atom stereocenters. The molecule has 0 aromatic heterocycles. The normalized spacial score (nSPS) is 15.3. The number of esters is 1. The molecule has 1 amide bonds. The van der Waals surface area contributed by atoms with Gasteiger partial charge < -0.3 is 20.1 Å². The Morgan fingerprint density at radius 3 is 2.46 bits per heavy atom. The van der Waals surface area contributed by atoms with Gasteiger partial charge in [-0.05, 0) is 18.2 Å². The maximum absolute atomic E-state index is 12.9. The monoisotopic (exact) mass is 374 g/mol. The van der Waals surface area contributed by atoms with E-state index in [1.165, 1.54) is 18.2 Å². The molecule has 0 bridgehead atoms. The average Bonchev–Trinajstić information content (AvgIpc) is 2.69. The number of hydrogen-bond acceptors (Lipinski definition) is 5. The maximum Gasteiger partial charge on any atom is 0.339 e. The second-order valence-corrected chi connectivity index (χ2v) is 6.28. The van der Waals surface area contributed by atoms with E-state index in [1.807, 2.05) is 6.07 Å². The Kier molecular flexibility index (Phi) is 5.75. The molecule has 2 N–H and O–H groups in total. The van der Waals surface area contributed by atoms with Crippen molar-refractivity contribution in [1.29, 1.82) is 0 Å². The molecule has 26 heavy (non-hydrogen) atoms. The molecule has 1 fully saturated rings. The molecule has 1 aliphatic heterocycles.